The van der Waals surface area contributed by atoms with Crippen LogP contribution in [-0.4, -0.2) is 38.2 Å². The molecular formula is C30H42ClNO3. The Labute approximate surface area is 216 Å². The highest BCUT2D eigenvalue weighted by Gasteiger charge is 2.32. The van der Waals surface area contributed by atoms with Crippen LogP contribution < -0.4 is 5.32 Å². The van der Waals surface area contributed by atoms with Gasteiger partial charge in [-0.2, -0.15) is 0 Å². The number of carbonyl (C=O) groups is 1. The summed E-state index contributed by atoms with van der Waals surface area (Å²) < 4.78 is 5.20. The van der Waals surface area contributed by atoms with E-state index in [0.29, 0.717) is 36.0 Å². The minimum atomic E-state index is -1.22. The second-order valence-corrected chi connectivity index (χ2v) is 10.6. The number of hydrogen-bond acceptors (Lipinski definition) is 4. The number of aliphatic hydroxyl groups is 1. The summed E-state index contributed by atoms with van der Waals surface area (Å²) in [6, 6.07) is 15.0. The molecule has 192 valence electrons. The Morgan fingerprint density at radius 2 is 1.83 bits per heavy atom. The number of methoxy groups -OCH3 is 1. The summed E-state index contributed by atoms with van der Waals surface area (Å²) in [6.07, 6.45) is 10.4. The number of Topliss-reactive ketones (excluding diaryl/α,β-unsaturated/α-hetero) is 1. The van der Waals surface area contributed by atoms with Crippen LogP contribution in [0.2, 0.25) is 5.02 Å². The molecule has 0 heterocycles. The van der Waals surface area contributed by atoms with Crippen molar-refractivity contribution >= 4 is 17.4 Å². The van der Waals surface area contributed by atoms with E-state index in [1.54, 1.807) is 7.11 Å². The SMILES string of the molecule is CNC[C@@H](CC(=O)c1cccc([C@@](O)(CCCCOC)c2cccc(Cl)c2)c1)CC1CCCCC1. The minimum absolute atomic E-state index is 0.149. The molecule has 4 nitrogen and oxygen atoms in total. The van der Waals surface area contributed by atoms with Crippen molar-refractivity contribution in [3.05, 3.63) is 70.2 Å². The fourth-order valence-electron chi connectivity index (χ4n) is 5.58. The summed E-state index contributed by atoms with van der Waals surface area (Å²) in [5.41, 5.74) is 0.934. The number of hydrogen-bond donors (Lipinski definition) is 2. The van der Waals surface area contributed by atoms with Crippen molar-refractivity contribution in [2.45, 2.75) is 69.8 Å². The molecule has 0 saturated heterocycles. The molecule has 2 N–H and O–H groups in total. The highest BCUT2D eigenvalue weighted by atomic mass is 35.5. The van der Waals surface area contributed by atoms with Crippen LogP contribution in [0.25, 0.3) is 0 Å². The van der Waals surface area contributed by atoms with Crippen molar-refractivity contribution in [1.29, 1.82) is 0 Å². The molecule has 0 spiro atoms. The van der Waals surface area contributed by atoms with Gasteiger partial charge in [-0.1, -0.05) is 74.0 Å². The number of ether oxygens (including phenoxy) is 1. The molecule has 0 amide bonds. The number of halogens is 1. The van der Waals surface area contributed by atoms with Crippen molar-refractivity contribution in [3.8, 4) is 0 Å². The van der Waals surface area contributed by atoms with Gasteiger partial charge in [0.25, 0.3) is 0 Å². The van der Waals surface area contributed by atoms with Crippen LogP contribution in [0.1, 0.15) is 85.7 Å². The van der Waals surface area contributed by atoms with Gasteiger partial charge in [-0.15, -0.1) is 0 Å². The van der Waals surface area contributed by atoms with Crippen LogP contribution in [0.4, 0.5) is 0 Å². The van der Waals surface area contributed by atoms with Gasteiger partial charge in [-0.3, -0.25) is 4.79 Å². The molecule has 3 rings (SSSR count). The van der Waals surface area contributed by atoms with E-state index in [1.165, 1.54) is 32.1 Å². The van der Waals surface area contributed by atoms with Crippen LogP contribution >= 0.6 is 11.6 Å². The minimum Gasteiger partial charge on any atom is -0.385 e. The van der Waals surface area contributed by atoms with E-state index in [4.69, 9.17) is 16.3 Å². The maximum atomic E-state index is 13.4. The second kappa shape index (κ2) is 14.1. The van der Waals surface area contributed by atoms with Crippen LogP contribution in [0.15, 0.2) is 48.5 Å². The zero-order valence-corrected chi connectivity index (χ0v) is 22.2. The van der Waals surface area contributed by atoms with Gasteiger partial charge in [-0.05, 0) is 80.4 Å². The van der Waals surface area contributed by atoms with Crippen molar-refractivity contribution in [3.63, 3.8) is 0 Å². The predicted molar refractivity (Wildman–Crippen MR) is 144 cm³/mol. The molecule has 0 radical (unpaired) electrons. The lowest BCUT2D eigenvalue weighted by Gasteiger charge is -2.30. The number of carbonyl (C=O) groups excluding carboxylic acids is 1. The first-order valence-electron chi connectivity index (χ1n) is 13.2. The third kappa shape index (κ3) is 8.15. The lowest BCUT2D eigenvalue weighted by molar-refractivity contribution is 0.0650. The summed E-state index contributed by atoms with van der Waals surface area (Å²) in [5, 5.41) is 15.8. The van der Waals surface area contributed by atoms with Crippen molar-refractivity contribution in [1.82, 2.24) is 5.32 Å². The Kier molecular flexibility index (Phi) is 11.2. The van der Waals surface area contributed by atoms with E-state index in [-0.39, 0.29) is 5.78 Å². The Morgan fingerprint density at radius 3 is 2.51 bits per heavy atom. The zero-order valence-electron chi connectivity index (χ0n) is 21.4. The summed E-state index contributed by atoms with van der Waals surface area (Å²) >= 11 is 6.28. The average Bonchev–Trinajstić information content (AvgIpc) is 2.87. The Hall–Kier alpha value is -1.72. The first-order valence-corrected chi connectivity index (χ1v) is 13.6. The second-order valence-electron chi connectivity index (χ2n) is 10.2. The van der Waals surface area contributed by atoms with Gasteiger partial charge in [0.15, 0.2) is 5.78 Å². The lowest BCUT2D eigenvalue weighted by Crippen LogP contribution is -2.28. The number of nitrogens with one attached hydrogen (secondary N) is 1. The Morgan fingerprint density at radius 1 is 1.11 bits per heavy atom. The van der Waals surface area contributed by atoms with Gasteiger partial charge in [0.05, 0.1) is 0 Å². The normalized spacial score (nSPS) is 17.1. The first-order chi connectivity index (χ1) is 17.0. The van der Waals surface area contributed by atoms with E-state index in [9.17, 15) is 9.90 Å². The molecule has 1 aliphatic rings. The van der Waals surface area contributed by atoms with Crippen molar-refractivity contribution in [2.24, 2.45) is 11.8 Å². The van der Waals surface area contributed by atoms with Gasteiger partial charge < -0.3 is 15.2 Å². The van der Waals surface area contributed by atoms with E-state index in [1.807, 2.05) is 55.6 Å². The van der Waals surface area contributed by atoms with Gasteiger partial charge >= 0.3 is 0 Å². The molecule has 1 saturated carbocycles. The topological polar surface area (TPSA) is 58.6 Å². The number of unbranched alkanes of at least 4 members (excludes halogenated alkanes) is 1. The third-order valence-corrected chi connectivity index (χ3v) is 7.69. The Balaban J connectivity index is 1.80. The predicted octanol–water partition coefficient (Wildman–Crippen LogP) is 6.77. The van der Waals surface area contributed by atoms with Crippen LogP contribution in [0, 0.1) is 11.8 Å². The van der Waals surface area contributed by atoms with E-state index < -0.39 is 5.60 Å². The monoisotopic (exact) mass is 499 g/mol. The molecule has 0 unspecified atom stereocenters. The third-order valence-electron chi connectivity index (χ3n) is 7.46. The molecule has 35 heavy (non-hydrogen) atoms. The van der Waals surface area contributed by atoms with Crippen LogP contribution in [0.5, 0.6) is 0 Å². The molecule has 1 fully saturated rings. The molecule has 2 aromatic carbocycles. The fraction of sp³-hybridized carbons (Fsp3) is 0.567. The summed E-state index contributed by atoms with van der Waals surface area (Å²) in [7, 11) is 3.65. The smallest absolute Gasteiger partial charge is 0.163 e. The van der Waals surface area contributed by atoms with E-state index in [2.05, 4.69) is 5.32 Å². The molecule has 0 aliphatic heterocycles. The van der Waals surface area contributed by atoms with E-state index in [0.717, 1.165) is 42.9 Å². The Bertz CT molecular complexity index is 927. The zero-order chi connectivity index (χ0) is 25.1. The van der Waals surface area contributed by atoms with Crippen molar-refractivity contribution < 1.29 is 14.6 Å². The molecule has 1 aliphatic carbocycles. The molecular weight excluding hydrogens is 458 g/mol. The standard InChI is InChI=1S/C30H42ClNO3/c1-32-22-24(18-23-10-4-3-5-11-23)19-29(33)25-12-8-13-26(20-25)30(34,16-6-7-17-35-2)27-14-9-15-28(31)21-27/h8-9,12-15,20-21,23-24,32,34H,3-7,10-11,16-19,22H2,1-2H3/t24-,30+/m1/s1. The highest BCUT2D eigenvalue weighted by molar-refractivity contribution is 6.30. The number of benzene rings is 2. The highest BCUT2D eigenvalue weighted by Crippen LogP contribution is 2.37. The maximum absolute atomic E-state index is 13.4. The lowest BCUT2D eigenvalue weighted by atomic mass is 9.80. The molecule has 5 heteroatoms. The van der Waals surface area contributed by atoms with Crippen LogP contribution in [0.3, 0.4) is 0 Å². The number of rotatable bonds is 14. The summed E-state index contributed by atoms with van der Waals surface area (Å²) in [4.78, 5) is 13.4. The summed E-state index contributed by atoms with van der Waals surface area (Å²) in [5.74, 6) is 1.22. The van der Waals surface area contributed by atoms with Gasteiger partial charge in [0.2, 0.25) is 0 Å². The molecule has 0 bridgehead atoms. The largest absolute Gasteiger partial charge is 0.385 e. The quantitative estimate of drug-likeness (QED) is 0.222. The fourth-order valence-corrected chi connectivity index (χ4v) is 5.77. The molecule has 2 atom stereocenters. The van der Waals surface area contributed by atoms with Gasteiger partial charge in [0, 0.05) is 30.7 Å². The average molecular weight is 500 g/mol. The molecule has 0 aromatic heterocycles. The maximum Gasteiger partial charge on any atom is 0.163 e. The first kappa shape index (κ1) is 27.9. The van der Waals surface area contributed by atoms with Crippen molar-refractivity contribution in [2.75, 3.05) is 27.3 Å². The van der Waals surface area contributed by atoms with Gasteiger partial charge in [0.1, 0.15) is 5.60 Å². The number of ketones is 1. The van der Waals surface area contributed by atoms with Crippen LogP contribution in [-0.2, 0) is 10.3 Å². The van der Waals surface area contributed by atoms with Gasteiger partial charge in [-0.25, -0.2) is 0 Å². The summed E-state index contributed by atoms with van der Waals surface area (Å²) in [6.45, 7) is 1.51. The van der Waals surface area contributed by atoms with E-state index >= 15 is 0 Å². The molecule has 2 aromatic rings.